The topological polar surface area (TPSA) is 55.0 Å². The highest BCUT2D eigenvalue weighted by Crippen LogP contribution is 2.22. The number of anilines is 1. The molecule has 0 unspecified atom stereocenters. The zero-order valence-corrected chi connectivity index (χ0v) is 12.6. The van der Waals surface area contributed by atoms with Gasteiger partial charge in [0, 0.05) is 6.54 Å². The second-order valence-electron chi connectivity index (χ2n) is 3.93. The lowest BCUT2D eigenvalue weighted by atomic mass is 10.1. The monoisotopic (exact) mass is 336 g/mol. The van der Waals surface area contributed by atoms with Gasteiger partial charge in [-0.3, -0.25) is 0 Å². The van der Waals surface area contributed by atoms with Crippen LogP contribution in [0.25, 0.3) is 0 Å². The molecular weight excluding hydrogens is 324 g/mol. The maximum Gasteiger partial charge on any atom is 0.172 e. The molecule has 0 spiro atoms. The average molecular weight is 337 g/mol. The van der Waals surface area contributed by atoms with Gasteiger partial charge in [-0.05, 0) is 46.2 Å². The second kappa shape index (κ2) is 6.58. The van der Waals surface area contributed by atoms with E-state index in [9.17, 15) is 0 Å². The summed E-state index contributed by atoms with van der Waals surface area (Å²) >= 11 is 8.52. The third-order valence-corrected chi connectivity index (χ3v) is 3.48. The Morgan fingerprint density at radius 3 is 2.63 bits per heavy atom. The lowest BCUT2D eigenvalue weighted by molar-refractivity contribution is 0.888. The van der Waals surface area contributed by atoms with Gasteiger partial charge in [0.25, 0.3) is 0 Å². The van der Waals surface area contributed by atoms with Crippen molar-refractivity contribution in [1.82, 2.24) is 10.2 Å². The molecule has 0 aliphatic carbocycles. The van der Waals surface area contributed by atoms with E-state index in [4.69, 9.17) is 18.0 Å². The Labute approximate surface area is 125 Å². The third kappa shape index (κ3) is 3.71. The maximum atomic E-state index is 5.77. The molecule has 0 saturated heterocycles. The van der Waals surface area contributed by atoms with Gasteiger partial charge in [0.05, 0.1) is 10.7 Å². The van der Waals surface area contributed by atoms with Gasteiger partial charge in [-0.15, -0.1) is 5.10 Å². The summed E-state index contributed by atoms with van der Waals surface area (Å²) < 4.78 is 0.823. The lowest BCUT2D eigenvalue weighted by Crippen LogP contribution is -2.38. The van der Waals surface area contributed by atoms with E-state index in [1.54, 1.807) is 11.1 Å². The molecule has 6 heteroatoms. The highest BCUT2D eigenvalue weighted by atomic mass is 79.9. The van der Waals surface area contributed by atoms with Crippen molar-refractivity contribution in [3.8, 4) is 0 Å². The first kappa shape index (κ1) is 13.9. The molecule has 0 aliphatic rings. The fraction of sp³-hybridized carbons (Fsp3) is 0.154. The van der Waals surface area contributed by atoms with Crippen LogP contribution in [-0.4, -0.2) is 21.9 Å². The molecule has 0 amide bonds. The number of halogens is 1. The Morgan fingerprint density at radius 2 is 2.00 bits per heavy atom. The van der Waals surface area contributed by atoms with Crippen LogP contribution in [-0.2, 0) is 6.42 Å². The number of nitrogens with zero attached hydrogens (tertiary/aromatic N) is 3. The molecule has 1 aromatic carbocycles. The number of rotatable bonds is 4. The lowest BCUT2D eigenvalue weighted by Gasteiger charge is -2.22. The predicted octanol–water partition coefficient (Wildman–Crippen LogP) is 2.53. The molecule has 0 saturated carbocycles. The standard InChI is InChI=1S/C13H13BrN4S/c14-11-6-8-16-17-12(11)18(13(15)19)9-7-10-4-2-1-3-5-10/h1-6,8H,7,9H2,(H2,15,19). The molecule has 2 aromatic rings. The maximum absolute atomic E-state index is 5.77. The third-order valence-electron chi connectivity index (χ3n) is 2.64. The molecule has 0 aliphatic heterocycles. The van der Waals surface area contributed by atoms with E-state index >= 15 is 0 Å². The first-order chi connectivity index (χ1) is 9.18. The highest BCUT2D eigenvalue weighted by Gasteiger charge is 2.14. The number of thiocarbonyl (C=S) groups is 1. The molecular formula is C13H13BrN4S. The summed E-state index contributed by atoms with van der Waals surface area (Å²) in [6, 6.07) is 12.0. The Hall–Kier alpha value is -1.53. The van der Waals surface area contributed by atoms with Gasteiger partial charge in [0.1, 0.15) is 0 Å². The second-order valence-corrected chi connectivity index (χ2v) is 5.20. The molecule has 1 aromatic heterocycles. The van der Waals surface area contributed by atoms with Crippen molar-refractivity contribution in [3.63, 3.8) is 0 Å². The molecule has 4 nitrogen and oxygen atoms in total. The van der Waals surface area contributed by atoms with Crippen molar-refractivity contribution in [3.05, 3.63) is 52.6 Å². The zero-order chi connectivity index (χ0) is 13.7. The quantitative estimate of drug-likeness (QED) is 0.869. The summed E-state index contributed by atoms with van der Waals surface area (Å²) in [7, 11) is 0. The van der Waals surface area contributed by atoms with Crippen LogP contribution in [0, 0.1) is 0 Å². The fourth-order valence-corrected chi connectivity index (χ4v) is 2.29. The van der Waals surface area contributed by atoms with Crippen LogP contribution in [0.15, 0.2) is 47.1 Å². The molecule has 2 N–H and O–H groups in total. The van der Waals surface area contributed by atoms with Crippen molar-refractivity contribution in [1.29, 1.82) is 0 Å². The Bertz CT molecular complexity index is 562. The summed E-state index contributed by atoms with van der Waals surface area (Å²) in [5, 5.41) is 8.23. The van der Waals surface area contributed by atoms with E-state index in [0.29, 0.717) is 12.4 Å². The Balaban J connectivity index is 2.14. The summed E-state index contributed by atoms with van der Waals surface area (Å²) in [4.78, 5) is 1.78. The number of hydrogen-bond acceptors (Lipinski definition) is 3. The number of benzene rings is 1. The van der Waals surface area contributed by atoms with E-state index in [1.807, 2.05) is 24.3 Å². The van der Waals surface area contributed by atoms with Crippen LogP contribution in [0.5, 0.6) is 0 Å². The van der Waals surface area contributed by atoms with Gasteiger partial charge in [0.2, 0.25) is 0 Å². The van der Waals surface area contributed by atoms with Crippen molar-refractivity contribution >= 4 is 39.1 Å². The van der Waals surface area contributed by atoms with E-state index in [1.165, 1.54) is 5.56 Å². The SMILES string of the molecule is NC(=S)N(CCc1ccccc1)c1nnccc1Br. The Morgan fingerprint density at radius 1 is 1.26 bits per heavy atom. The molecule has 0 bridgehead atoms. The largest absolute Gasteiger partial charge is 0.376 e. The van der Waals surface area contributed by atoms with Crippen LogP contribution in [0.4, 0.5) is 5.82 Å². The van der Waals surface area contributed by atoms with Gasteiger partial charge in [-0.1, -0.05) is 30.3 Å². The van der Waals surface area contributed by atoms with E-state index in [2.05, 4.69) is 38.3 Å². The highest BCUT2D eigenvalue weighted by molar-refractivity contribution is 9.10. The molecule has 0 atom stereocenters. The van der Waals surface area contributed by atoms with Gasteiger partial charge >= 0.3 is 0 Å². The predicted molar refractivity (Wildman–Crippen MR) is 84.0 cm³/mol. The molecule has 0 radical (unpaired) electrons. The molecule has 0 fully saturated rings. The van der Waals surface area contributed by atoms with Crippen LogP contribution in [0.3, 0.4) is 0 Å². The Kier molecular flexibility index (Phi) is 4.81. The van der Waals surface area contributed by atoms with Gasteiger partial charge in [-0.25, -0.2) is 0 Å². The minimum Gasteiger partial charge on any atom is -0.376 e. The van der Waals surface area contributed by atoms with Gasteiger partial charge < -0.3 is 10.6 Å². The molecule has 2 rings (SSSR count). The molecule has 1 heterocycles. The van der Waals surface area contributed by atoms with E-state index in [0.717, 1.165) is 10.9 Å². The minimum absolute atomic E-state index is 0.289. The van der Waals surface area contributed by atoms with Gasteiger partial charge in [0.15, 0.2) is 10.9 Å². The normalized spacial score (nSPS) is 10.2. The van der Waals surface area contributed by atoms with E-state index < -0.39 is 0 Å². The number of nitrogens with two attached hydrogens (primary N) is 1. The average Bonchev–Trinajstić information content (AvgIpc) is 2.42. The summed E-state index contributed by atoms with van der Waals surface area (Å²) in [5.41, 5.74) is 7.00. The van der Waals surface area contributed by atoms with Gasteiger partial charge in [-0.2, -0.15) is 5.10 Å². The van der Waals surface area contributed by atoms with Crippen molar-refractivity contribution in [2.24, 2.45) is 5.73 Å². The minimum atomic E-state index is 0.289. The molecule has 19 heavy (non-hydrogen) atoms. The van der Waals surface area contributed by atoms with Crippen molar-refractivity contribution in [2.45, 2.75) is 6.42 Å². The van der Waals surface area contributed by atoms with Crippen LogP contribution >= 0.6 is 28.1 Å². The van der Waals surface area contributed by atoms with Crippen LogP contribution in [0.2, 0.25) is 0 Å². The van der Waals surface area contributed by atoms with Crippen LogP contribution in [0.1, 0.15) is 5.56 Å². The summed E-state index contributed by atoms with van der Waals surface area (Å²) in [6.45, 7) is 0.663. The van der Waals surface area contributed by atoms with Crippen molar-refractivity contribution in [2.75, 3.05) is 11.4 Å². The van der Waals surface area contributed by atoms with Crippen LogP contribution < -0.4 is 10.6 Å². The fourth-order valence-electron chi connectivity index (χ4n) is 1.70. The summed E-state index contributed by atoms with van der Waals surface area (Å²) in [5.74, 6) is 0.644. The number of aromatic nitrogens is 2. The smallest absolute Gasteiger partial charge is 0.172 e. The first-order valence-corrected chi connectivity index (χ1v) is 6.96. The van der Waals surface area contributed by atoms with Crippen molar-refractivity contribution < 1.29 is 0 Å². The zero-order valence-electron chi connectivity index (χ0n) is 10.2. The first-order valence-electron chi connectivity index (χ1n) is 5.76. The number of hydrogen-bond donors (Lipinski definition) is 1. The summed E-state index contributed by atoms with van der Waals surface area (Å²) in [6.07, 6.45) is 2.45. The van der Waals surface area contributed by atoms with E-state index in [-0.39, 0.29) is 5.11 Å². The molecule has 98 valence electrons.